The van der Waals surface area contributed by atoms with Gasteiger partial charge < -0.3 is 10.8 Å². The zero-order valence-electron chi connectivity index (χ0n) is 6.89. The fourth-order valence-electron chi connectivity index (χ4n) is 0.970. The Labute approximate surface area is 81.7 Å². The number of hydrogen-bond donors (Lipinski definition) is 3. The normalized spacial score (nSPS) is 16.4. The van der Waals surface area contributed by atoms with Gasteiger partial charge in [0.1, 0.15) is 5.92 Å². The molecule has 0 saturated carbocycles. The van der Waals surface area contributed by atoms with Gasteiger partial charge in [0.05, 0.1) is 0 Å². The van der Waals surface area contributed by atoms with Crippen LogP contribution < -0.4 is 5.73 Å². The Bertz CT molecular complexity index is 201. The van der Waals surface area contributed by atoms with Crippen LogP contribution in [0.3, 0.4) is 0 Å². The minimum Gasteiger partial charge on any atom is -0.481 e. The monoisotopic (exact) mass is 228 g/mol. The Hall–Kier alpha value is -0.220. The summed E-state index contributed by atoms with van der Waals surface area (Å²) in [5, 5.41) is 8.65. The molecule has 4 N–H and O–H groups in total. The van der Waals surface area contributed by atoms with Crippen molar-refractivity contribution in [2.75, 3.05) is 12.4 Å². The Morgan fingerprint density at radius 1 is 1.62 bits per heavy atom. The number of nitrogens with two attached hydrogens (primary N) is 1. The molecular formula is C6H12ClNO4P+. The fourth-order valence-corrected chi connectivity index (χ4v) is 2.35. The van der Waals surface area contributed by atoms with E-state index >= 15 is 0 Å². The summed E-state index contributed by atoms with van der Waals surface area (Å²) in [6.45, 7) is 0.174. The van der Waals surface area contributed by atoms with E-state index in [2.05, 4.69) is 0 Å². The van der Waals surface area contributed by atoms with Crippen LogP contribution in [0.2, 0.25) is 0 Å². The van der Waals surface area contributed by atoms with E-state index in [0.29, 0.717) is 0 Å². The summed E-state index contributed by atoms with van der Waals surface area (Å²) >= 11 is 5.38. The van der Waals surface area contributed by atoms with E-state index in [4.69, 9.17) is 27.3 Å². The highest BCUT2D eigenvalue weighted by atomic mass is 35.5. The smallest absolute Gasteiger partial charge is 0.481 e. The third-order valence-corrected chi connectivity index (χ3v) is 3.21. The van der Waals surface area contributed by atoms with E-state index in [0.717, 1.165) is 0 Å². The lowest BCUT2D eigenvalue weighted by atomic mass is 10.1. The number of hydrogen-bond acceptors (Lipinski definition) is 3. The summed E-state index contributed by atoms with van der Waals surface area (Å²) in [5.41, 5.74) is 4.33. The number of carboxylic acid groups (broad SMARTS) is 1. The number of alkyl halides is 1. The summed E-state index contributed by atoms with van der Waals surface area (Å²) in [6.07, 6.45) is 0.190. The topological polar surface area (TPSA) is 101 Å². The molecule has 0 fully saturated rings. The van der Waals surface area contributed by atoms with Gasteiger partial charge in [0.25, 0.3) is 0 Å². The van der Waals surface area contributed by atoms with Gasteiger partial charge in [-0.2, -0.15) is 4.89 Å². The van der Waals surface area contributed by atoms with Crippen LogP contribution in [0.5, 0.6) is 0 Å². The van der Waals surface area contributed by atoms with E-state index < -0.39 is 25.6 Å². The second kappa shape index (κ2) is 6.27. The molecule has 0 bridgehead atoms. The molecule has 76 valence electrons. The van der Waals surface area contributed by atoms with Crippen LogP contribution >= 0.6 is 19.6 Å². The van der Waals surface area contributed by atoms with Crippen LogP contribution in [-0.2, 0) is 9.36 Å². The number of carbonyl (C=O) groups is 1. The summed E-state index contributed by atoms with van der Waals surface area (Å²) in [7, 11) is -2.54. The van der Waals surface area contributed by atoms with Crippen molar-refractivity contribution in [2.45, 2.75) is 12.1 Å². The van der Waals surface area contributed by atoms with Crippen molar-refractivity contribution in [1.82, 2.24) is 0 Å². The van der Waals surface area contributed by atoms with Crippen molar-refractivity contribution in [2.24, 2.45) is 11.7 Å². The molecule has 3 atom stereocenters. The second-order valence-electron chi connectivity index (χ2n) is 2.55. The van der Waals surface area contributed by atoms with Crippen molar-refractivity contribution < 1.29 is 19.4 Å². The molecular weight excluding hydrogens is 216 g/mol. The van der Waals surface area contributed by atoms with E-state index in [9.17, 15) is 9.36 Å². The molecule has 0 spiro atoms. The standard InChI is InChI=1S/C6H11ClNO4P/c7-3-4(6(9)10)5(1-2-8)13(11)12/h4-5H,1-3,8H2,(H-,9,10,11,12)/p+1. The van der Waals surface area contributed by atoms with E-state index in [1.807, 2.05) is 0 Å². The lowest BCUT2D eigenvalue weighted by molar-refractivity contribution is -0.141. The highest BCUT2D eigenvalue weighted by Crippen LogP contribution is 2.32. The molecule has 5 nitrogen and oxygen atoms in total. The average molecular weight is 229 g/mol. The molecule has 0 aliphatic heterocycles. The highest BCUT2D eigenvalue weighted by Gasteiger charge is 2.40. The van der Waals surface area contributed by atoms with Gasteiger partial charge in [-0.3, -0.25) is 4.79 Å². The predicted octanol–water partition coefficient (Wildman–Crippen LogP) is 0.378. The van der Waals surface area contributed by atoms with Gasteiger partial charge >= 0.3 is 14.0 Å². The van der Waals surface area contributed by atoms with E-state index in [1.165, 1.54) is 0 Å². The molecule has 0 radical (unpaired) electrons. The molecule has 3 unspecified atom stereocenters. The lowest BCUT2D eigenvalue weighted by Gasteiger charge is -2.09. The van der Waals surface area contributed by atoms with Crippen molar-refractivity contribution >= 4 is 25.6 Å². The largest absolute Gasteiger partial charge is 0.509 e. The Balaban J connectivity index is 4.48. The Kier molecular flexibility index (Phi) is 6.16. The third-order valence-electron chi connectivity index (χ3n) is 1.69. The number of aliphatic carboxylic acids is 1. The van der Waals surface area contributed by atoms with E-state index in [1.54, 1.807) is 0 Å². The summed E-state index contributed by atoms with van der Waals surface area (Å²) in [6, 6.07) is 0. The van der Waals surface area contributed by atoms with Gasteiger partial charge in [0, 0.05) is 12.3 Å². The van der Waals surface area contributed by atoms with Gasteiger partial charge in [0.2, 0.25) is 5.66 Å². The van der Waals surface area contributed by atoms with Gasteiger partial charge in [-0.05, 0) is 11.1 Å². The molecule has 0 aliphatic rings. The molecule has 0 heterocycles. The second-order valence-corrected chi connectivity index (χ2v) is 4.12. The quantitative estimate of drug-likeness (QED) is 0.451. The molecule has 0 rings (SSSR count). The lowest BCUT2D eigenvalue weighted by Crippen LogP contribution is -2.29. The van der Waals surface area contributed by atoms with Crippen LogP contribution in [0.4, 0.5) is 0 Å². The minimum absolute atomic E-state index is 0.174. The Morgan fingerprint density at radius 3 is 2.38 bits per heavy atom. The predicted molar refractivity (Wildman–Crippen MR) is 49.1 cm³/mol. The summed E-state index contributed by atoms with van der Waals surface area (Å²) in [5.74, 6) is -2.34. The maximum Gasteiger partial charge on any atom is 0.509 e. The summed E-state index contributed by atoms with van der Waals surface area (Å²) < 4.78 is 10.8. The highest BCUT2D eigenvalue weighted by molar-refractivity contribution is 7.39. The zero-order valence-corrected chi connectivity index (χ0v) is 8.54. The van der Waals surface area contributed by atoms with Crippen molar-refractivity contribution in [3.05, 3.63) is 0 Å². The zero-order chi connectivity index (χ0) is 10.4. The van der Waals surface area contributed by atoms with Crippen LogP contribution in [0, 0.1) is 5.92 Å². The first-order chi connectivity index (χ1) is 6.04. The minimum atomic E-state index is -2.54. The number of rotatable bonds is 6. The maximum atomic E-state index is 10.8. The molecule has 0 saturated heterocycles. The first-order valence-electron chi connectivity index (χ1n) is 3.68. The Morgan fingerprint density at radius 2 is 2.15 bits per heavy atom. The third kappa shape index (κ3) is 4.00. The molecule has 0 aromatic rings. The maximum absolute atomic E-state index is 10.8. The molecule has 0 aromatic heterocycles. The van der Waals surface area contributed by atoms with Crippen molar-refractivity contribution in [1.29, 1.82) is 0 Å². The van der Waals surface area contributed by atoms with Crippen LogP contribution in [0.15, 0.2) is 0 Å². The summed E-state index contributed by atoms with van der Waals surface area (Å²) in [4.78, 5) is 19.4. The number of halogens is 1. The first-order valence-corrected chi connectivity index (χ1v) is 5.50. The van der Waals surface area contributed by atoms with Crippen LogP contribution in [0.25, 0.3) is 0 Å². The molecule has 0 aromatic carbocycles. The molecule has 0 aliphatic carbocycles. The van der Waals surface area contributed by atoms with Crippen LogP contribution in [-0.4, -0.2) is 34.1 Å². The molecule has 13 heavy (non-hydrogen) atoms. The van der Waals surface area contributed by atoms with Crippen molar-refractivity contribution in [3.8, 4) is 0 Å². The molecule has 0 amide bonds. The molecule has 7 heteroatoms. The van der Waals surface area contributed by atoms with Crippen LogP contribution in [0.1, 0.15) is 6.42 Å². The first kappa shape index (κ1) is 12.8. The van der Waals surface area contributed by atoms with Gasteiger partial charge in [0.15, 0.2) is 0 Å². The van der Waals surface area contributed by atoms with Gasteiger partial charge in [-0.1, -0.05) is 0 Å². The average Bonchev–Trinajstić information content (AvgIpc) is 2.03. The van der Waals surface area contributed by atoms with Crippen molar-refractivity contribution in [3.63, 3.8) is 0 Å². The SMILES string of the molecule is NCCC(C(CCl)C(=O)O)[P+](=O)O. The number of carboxylic acids is 1. The van der Waals surface area contributed by atoms with Gasteiger partial charge in [-0.15, -0.1) is 11.6 Å². The fraction of sp³-hybridized carbons (Fsp3) is 0.833. The van der Waals surface area contributed by atoms with Gasteiger partial charge in [-0.25, -0.2) is 0 Å². The van der Waals surface area contributed by atoms with E-state index in [-0.39, 0.29) is 18.8 Å².